The van der Waals surface area contributed by atoms with Crippen LogP contribution in [0.1, 0.15) is 48.0 Å². The summed E-state index contributed by atoms with van der Waals surface area (Å²) in [6, 6.07) is 0.922. The average Bonchev–Trinajstić information content (AvgIpc) is 2.42. The van der Waals surface area contributed by atoms with Gasteiger partial charge >= 0.3 is 5.97 Å². The Hall–Kier alpha value is -0.666. The van der Waals surface area contributed by atoms with E-state index in [9.17, 15) is 9.59 Å². The third-order valence-corrected chi connectivity index (χ3v) is 14.5. The van der Waals surface area contributed by atoms with Gasteiger partial charge in [-0.15, -0.1) is 0 Å². The molecule has 0 aromatic heterocycles. The van der Waals surface area contributed by atoms with Crippen LogP contribution in [-0.2, 0) is 18.8 Å². The van der Waals surface area contributed by atoms with Crippen molar-refractivity contribution in [1.29, 1.82) is 0 Å². The molecule has 1 amide bonds. The highest BCUT2D eigenvalue weighted by atomic mass is 28.4. The van der Waals surface area contributed by atoms with Crippen molar-refractivity contribution < 1.29 is 18.8 Å². The summed E-state index contributed by atoms with van der Waals surface area (Å²) in [6.07, 6.45) is 0.0697. The number of amides is 1. The van der Waals surface area contributed by atoms with Gasteiger partial charge in [-0.3, -0.25) is 9.59 Å². The number of hydrogen-bond donors (Lipinski definition) is 0. The summed E-state index contributed by atoms with van der Waals surface area (Å²) in [6.45, 7) is 21.8. The Kier molecular flexibility index (Phi) is 7.56. The summed E-state index contributed by atoms with van der Waals surface area (Å²) in [5.41, 5.74) is 0. The number of methoxy groups -OCH3 is 1. The standard InChI is InChI=1S/C20H41NO4Si2/c1-14(2)13-26(8,9)21-16(12-17(22)24-7)18(19(21)23)15(3)25-27(10,11)20(4,5)6/h14-16,18H,12-13H2,1-11H3/t15-,16-,18-/m1/s1. The van der Waals surface area contributed by atoms with E-state index in [4.69, 9.17) is 9.16 Å². The fraction of sp³-hybridized carbons (Fsp3) is 0.900. The zero-order valence-corrected chi connectivity index (χ0v) is 21.3. The lowest BCUT2D eigenvalue weighted by atomic mass is 9.84. The number of esters is 1. The van der Waals surface area contributed by atoms with Crippen molar-refractivity contribution in [2.45, 2.75) is 97.4 Å². The van der Waals surface area contributed by atoms with E-state index in [1.807, 2.05) is 11.5 Å². The third-order valence-electron chi connectivity index (χ3n) is 6.22. The zero-order valence-electron chi connectivity index (χ0n) is 19.3. The molecule has 0 aliphatic carbocycles. The van der Waals surface area contributed by atoms with E-state index in [1.165, 1.54) is 7.11 Å². The number of β-lactam (4-membered cyclic amide) rings is 1. The van der Waals surface area contributed by atoms with Gasteiger partial charge in [0.15, 0.2) is 16.6 Å². The summed E-state index contributed by atoms with van der Waals surface area (Å²) in [5.74, 6) is 0.180. The Balaban J connectivity index is 3.08. The lowest BCUT2D eigenvalue weighted by Gasteiger charge is -2.57. The second kappa shape index (κ2) is 8.37. The average molecular weight is 416 g/mol. The molecule has 0 bridgehead atoms. The van der Waals surface area contributed by atoms with Gasteiger partial charge in [0.1, 0.15) is 0 Å². The van der Waals surface area contributed by atoms with Gasteiger partial charge in [0.05, 0.1) is 25.6 Å². The summed E-state index contributed by atoms with van der Waals surface area (Å²) in [4.78, 5) is 25.2. The highest BCUT2D eigenvalue weighted by Crippen LogP contribution is 2.43. The van der Waals surface area contributed by atoms with Gasteiger partial charge < -0.3 is 13.7 Å². The Morgan fingerprint density at radius 1 is 1.15 bits per heavy atom. The molecule has 1 saturated heterocycles. The van der Waals surface area contributed by atoms with Gasteiger partial charge in [0, 0.05) is 6.04 Å². The first kappa shape index (κ1) is 24.4. The topological polar surface area (TPSA) is 55.8 Å². The predicted molar refractivity (Wildman–Crippen MR) is 116 cm³/mol. The molecule has 7 heteroatoms. The maximum atomic E-state index is 13.2. The summed E-state index contributed by atoms with van der Waals surface area (Å²) < 4.78 is 13.5. The highest BCUT2D eigenvalue weighted by molar-refractivity contribution is 6.77. The first-order valence-corrected chi connectivity index (χ1v) is 16.2. The number of carbonyl (C=O) groups excluding carboxylic acids is 2. The van der Waals surface area contributed by atoms with Crippen LogP contribution in [-0.4, -0.2) is 52.3 Å². The Morgan fingerprint density at radius 2 is 1.67 bits per heavy atom. The fourth-order valence-electron chi connectivity index (χ4n) is 4.11. The molecule has 1 heterocycles. The van der Waals surface area contributed by atoms with Crippen LogP contribution in [0, 0.1) is 11.8 Å². The van der Waals surface area contributed by atoms with Gasteiger partial charge in [-0.2, -0.15) is 0 Å². The van der Waals surface area contributed by atoms with Crippen LogP contribution >= 0.6 is 0 Å². The minimum atomic E-state index is -1.99. The van der Waals surface area contributed by atoms with Gasteiger partial charge in [-0.05, 0) is 37.0 Å². The molecule has 0 N–H and O–H groups in total. The summed E-state index contributed by atoms with van der Waals surface area (Å²) >= 11 is 0. The van der Waals surface area contributed by atoms with Crippen molar-refractivity contribution in [2.75, 3.05) is 7.11 Å². The number of ether oxygens (including phenoxy) is 1. The van der Waals surface area contributed by atoms with Crippen molar-refractivity contribution >= 4 is 28.4 Å². The zero-order chi connectivity index (χ0) is 21.4. The molecule has 1 fully saturated rings. The molecule has 0 unspecified atom stereocenters. The lowest BCUT2D eigenvalue weighted by Crippen LogP contribution is -2.73. The Morgan fingerprint density at radius 3 is 2.07 bits per heavy atom. The maximum absolute atomic E-state index is 13.2. The van der Waals surface area contributed by atoms with Gasteiger partial charge in [0.2, 0.25) is 5.91 Å². The van der Waals surface area contributed by atoms with E-state index in [0.29, 0.717) is 5.92 Å². The van der Waals surface area contributed by atoms with Crippen molar-refractivity contribution in [3.8, 4) is 0 Å². The molecule has 0 spiro atoms. The quantitative estimate of drug-likeness (QED) is 0.329. The molecule has 0 saturated carbocycles. The van der Waals surface area contributed by atoms with Crippen molar-refractivity contribution in [1.82, 2.24) is 4.57 Å². The predicted octanol–water partition coefficient (Wildman–Crippen LogP) is 4.65. The normalized spacial score (nSPS) is 22.7. The molecule has 3 atom stereocenters. The van der Waals surface area contributed by atoms with E-state index < -0.39 is 16.6 Å². The molecule has 0 aromatic carbocycles. The highest BCUT2D eigenvalue weighted by Gasteiger charge is 2.57. The molecular formula is C20H41NO4Si2. The fourth-order valence-corrected chi connectivity index (χ4v) is 9.63. The van der Waals surface area contributed by atoms with Gasteiger partial charge in [-0.25, -0.2) is 0 Å². The van der Waals surface area contributed by atoms with Crippen LogP contribution in [0.3, 0.4) is 0 Å². The molecule has 1 aliphatic rings. The Labute approximate surface area is 168 Å². The number of nitrogens with zero attached hydrogens (tertiary/aromatic N) is 1. The lowest BCUT2D eigenvalue weighted by molar-refractivity contribution is -0.158. The van der Waals surface area contributed by atoms with E-state index in [-0.39, 0.29) is 41.4 Å². The molecule has 1 rings (SSSR count). The summed E-state index contributed by atoms with van der Waals surface area (Å²) in [7, 11) is -2.52. The van der Waals surface area contributed by atoms with Crippen LogP contribution in [0.15, 0.2) is 0 Å². The van der Waals surface area contributed by atoms with Crippen LogP contribution in [0.25, 0.3) is 0 Å². The minimum absolute atomic E-state index is 0.0806. The monoisotopic (exact) mass is 415 g/mol. The molecule has 0 radical (unpaired) electrons. The van der Waals surface area contributed by atoms with Gasteiger partial charge in [-0.1, -0.05) is 47.7 Å². The Bertz CT molecular complexity index is 555. The second-order valence-corrected chi connectivity index (χ2v) is 19.8. The molecule has 0 aromatic rings. The number of carbonyl (C=O) groups is 2. The third kappa shape index (κ3) is 5.44. The molecule has 27 heavy (non-hydrogen) atoms. The van der Waals surface area contributed by atoms with E-state index in [2.05, 4.69) is 60.8 Å². The van der Waals surface area contributed by atoms with E-state index in [1.54, 1.807) is 0 Å². The second-order valence-electron chi connectivity index (χ2n) is 10.6. The van der Waals surface area contributed by atoms with Crippen molar-refractivity contribution in [2.24, 2.45) is 11.8 Å². The molecule has 5 nitrogen and oxygen atoms in total. The summed E-state index contributed by atoms with van der Waals surface area (Å²) in [5, 5.41) is 0.0806. The minimum Gasteiger partial charge on any atom is -0.469 e. The molecule has 1 aliphatic heterocycles. The van der Waals surface area contributed by atoms with E-state index >= 15 is 0 Å². The smallest absolute Gasteiger partial charge is 0.307 e. The van der Waals surface area contributed by atoms with Crippen LogP contribution in [0.4, 0.5) is 0 Å². The molecule has 158 valence electrons. The van der Waals surface area contributed by atoms with Gasteiger partial charge in [0.25, 0.3) is 0 Å². The maximum Gasteiger partial charge on any atom is 0.307 e. The SMILES string of the molecule is COC(=O)C[C@@H]1[C@@H]([C@@H](C)O[Si](C)(C)C(C)(C)C)C(=O)N1[Si](C)(C)CC(C)C. The first-order valence-electron chi connectivity index (χ1n) is 10.1. The van der Waals surface area contributed by atoms with Crippen LogP contribution < -0.4 is 0 Å². The van der Waals surface area contributed by atoms with Crippen molar-refractivity contribution in [3.05, 3.63) is 0 Å². The van der Waals surface area contributed by atoms with Crippen LogP contribution in [0.5, 0.6) is 0 Å². The van der Waals surface area contributed by atoms with Crippen molar-refractivity contribution in [3.63, 3.8) is 0 Å². The number of rotatable bonds is 8. The van der Waals surface area contributed by atoms with E-state index in [0.717, 1.165) is 6.04 Å². The van der Waals surface area contributed by atoms with Crippen LogP contribution in [0.2, 0.25) is 37.3 Å². The first-order chi connectivity index (χ1) is 12.0. The molecular weight excluding hydrogens is 374 g/mol. The largest absolute Gasteiger partial charge is 0.469 e. The number of hydrogen-bond acceptors (Lipinski definition) is 4.